The molecule has 0 radical (unpaired) electrons. The molecular weight excluding hydrogens is 240 g/mol. The molecule has 0 amide bonds. The van der Waals surface area contributed by atoms with Gasteiger partial charge in [-0.05, 0) is 17.7 Å². The normalized spacial score (nSPS) is 10.4. The minimum atomic E-state index is -0.873. The van der Waals surface area contributed by atoms with Gasteiger partial charge in [-0.2, -0.15) is 0 Å². The Balaban J connectivity index is 2.33. The van der Waals surface area contributed by atoms with Crippen LogP contribution in [0.3, 0.4) is 0 Å². The maximum absolute atomic E-state index is 13.5. The Hall–Kier alpha value is -2.14. The second-order valence-corrected chi connectivity index (χ2v) is 3.72. The number of halogens is 2. The quantitative estimate of drug-likeness (QED) is 0.825. The molecule has 3 N–H and O–H groups in total. The van der Waals surface area contributed by atoms with E-state index in [4.69, 9.17) is 15.6 Å². The summed E-state index contributed by atoms with van der Waals surface area (Å²) in [6, 6.07) is 8.28. The van der Waals surface area contributed by atoms with Crippen LogP contribution in [0.4, 0.5) is 14.5 Å². The number of benzene rings is 2. The fourth-order valence-electron chi connectivity index (χ4n) is 1.50. The fourth-order valence-corrected chi connectivity index (χ4v) is 1.50. The van der Waals surface area contributed by atoms with Gasteiger partial charge >= 0.3 is 0 Å². The van der Waals surface area contributed by atoms with Crippen LogP contribution in [0.15, 0.2) is 36.4 Å². The molecule has 0 atom stereocenters. The van der Waals surface area contributed by atoms with Gasteiger partial charge in [-0.1, -0.05) is 12.1 Å². The third-order valence-corrected chi connectivity index (χ3v) is 2.32. The molecule has 0 fully saturated rings. The van der Waals surface area contributed by atoms with E-state index in [1.54, 1.807) is 12.1 Å². The third-order valence-electron chi connectivity index (χ3n) is 2.32. The first-order valence-electron chi connectivity index (χ1n) is 5.22. The molecule has 18 heavy (non-hydrogen) atoms. The molecule has 0 aliphatic heterocycles. The van der Waals surface area contributed by atoms with Crippen molar-refractivity contribution >= 4 is 5.69 Å². The summed E-state index contributed by atoms with van der Waals surface area (Å²) >= 11 is 0. The summed E-state index contributed by atoms with van der Waals surface area (Å²) in [6.07, 6.45) is 0. The summed E-state index contributed by atoms with van der Waals surface area (Å²) in [5, 5.41) is 8.95. The van der Waals surface area contributed by atoms with Gasteiger partial charge in [-0.25, -0.2) is 8.78 Å². The van der Waals surface area contributed by atoms with Crippen LogP contribution >= 0.6 is 0 Å². The highest BCUT2D eigenvalue weighted by Gasteiger charge is 2.12. The van der Waals surface area contributed by atoms with Crippen molar-refractivity contribution < 1.29 is 18.6 Å². The highest BCUT2D eigenvalue weighted by atomic mass is 19.1. The standard InChI is InChI=1S/C13H11F2NO2/c14-11-5-9(16)6-12(15)13(11)18-10-3-1-2-8(4-10)7-17/h1-6,17H,7,16H2. The van der Waals surface area contributed by atoms with Crippen LogP contribution in [0.25, 0.3) is 0 Å². The van der Waals surface area contributed by atoms with Crippen molar-refractivity contribution in [2.24, 2.45) is 0 Å². The lowest BCUT2D eigenvalue weighted by molar-refractivity contribution is 0.281. The molecule has 3 nitrogen and oxygen atoms in total. The van der Waals surface area contributed by atoms with Crippen LogP contribution in [0, 0.1) is 11.6 Å². The zero-order valence-corrected chi connectivity index (χ0v) is 9.36. The first-order valence-corrected chi connectivity index (χ1v) is 5.22. The van der Waals surface area contributed by atoms with E-state index in [9.17, 15) is 8.78 Å². The van der Waals surface area contributed by atoms with E-state index in [1.165, 1.54) is 12.1 Å². The van der Waals surface area contributed by atoms with Crippen molar-refractivity contribution in [3.63, 3.8) is 0 Å². The third kappa shape index (κ3) is 2.57. The van der Waals surface area contributed by atoms with Crippen molar-refractivity contribution in [3.8, 4) is 11.5 Å². The fraction of sp³-hybridized carbons (Fsp3) is 0.0769. The molecule has 0 unspecified atom stereocenters. The van der Waals surface area contributed by atoms with Gasteiger partial charge < -0.3 is 15.6 Å². The summed E-state index contributed by atoms with van der Waals surface area (Å²) in [4.78, 5) is 0. The van der Waals surface area contributed by atoms with Crippen molar-refractivity contribution in [3.05, 3.63) is 53.6 Å². The van der Waals surface area contributed by atoms with Crippen LogP contribution in [0.2, 0.25) is 0 Å². The van der Waals surface area contributed by atoms with E-state index in [0.29, 0.717) is 5.56 Å². The first-order chi connectivity index (χ1) is 8.60. The smallest absolute Gasteiger partial charge is 0.198 e. The average molecular weight is 251 g/mol. The average Bonchev–Trinajstić information content (AvgIpc) is 2.34. The molecule has 0 heterocycles. The maximum atomic E-state index is 13.5. The van der Waals surface area contributed by atoms with Gasteiger partial charge in [-0.3, -0.25) is 0 Å². The molecule has 2 rings (SSSR count). The number of hydrogen-bond acceptors (Lipinski definition) is 3. The summed E-state index contributed by atoms with van der Waals surface area (Å²) in [5.74, 6) is -2.02. The minimum absolute atomic E-state index is 0.0125. The molecule has 0 aromatic heterocycles. The summed E-state index contributed by atoms with van der Waals surface area (Å²) in [5.41, 5.74) is 5.87. The molecule has 0 saturated carbocycles. The largest absolute Gasteiger partial charge is 0.451 e. The van der Waals surface area contributed by atoms with Crippen LogP contribution in [0.5, 0.6) is 11.5 Å². The molecule has 0 bridgehead atoms. The number of aliphatic hydroxyl groups excluding tert-OH is 1. The Morgan fingerprint density at radius 1 is 1.11 bits per heavy atom. The minimum Gasteiger partial charge on any atom is -0.451 e. The predicted octanol–water partition coefficient (Wildman–Crippen LogP) is 2.83. The summed E-state index contributed by atoms with van der Waals surface area (Å²) in [6.45, 7) is -0.177. The first kappa shape index (κ1) is 12.3. The Morgan fingerprint density at radius 2 is 1.78 bits per heavy atom. The monoisotopic (exact) mass is 251 g/mol. The number of ether oxygens (including phenoxy) is 1. The van der Waals surface area contributed by atoms with Crippen molar-refractivity contribution in [2.75, 3.05) is 5.73 Å². The second-order valence-electron chi connectivity index (χ2n) is 3.72. The maximum Gasteiger partial charge on any atom is 0.198 e. The molecule has 2 aromatic carbocycles. The molecule has 0 spiro atoms. The van der Waals surface area contributed by atoms with E-state index < -0.39 is 17.4 Å². The van der Waals surface area contributed by atoms with E-state index in [-0.39, 0.29) is 18.0 Å². The topological polar surface area (TPSA) is 55.5 Å². The highest BCUT2D eigenvalue weighted by Crippen LogP contribution is 2.29. The van der Waals surface area contributed by atoms with Crippen LogP contribution in [-0.2, 0) is 6.61 Å². The van der Waals surface area contributed by atoms with E-state index in [2.05, 4.69) is 0 Å². The zero-order chi connectivity index (χ0) is 13.1. The molecule has 2 aromatic rings. The predicted molar refractivity (Wildman–Crippen MR) is 63.2 cm³/mol. The zero-order valence-electron chi connectivity index (χ0n) is 9.36. The Labute approximate surface area is 102 Å². The Kier molecular flexibility index (Phi) is 3.43. The van der Waals surface area contributed by atoms with Gasteiger partial charge in [0.25, 0.3) is 0 Å². The van der Waals surface area contributed by atoms with Gasteiger partial charge in [0.05, 0.1) is 6.61 Å². The molecule has 0 saturated heterocycles. The highest BCUT2D eigenvalue weighted by molar-refractivity contribution is 5.45. The number of nitrogens with two attached hydrogens (primary N) is 1. The number of anilines is 1. The number of nitrogen functional groups attached to an aromatic ring is 1. The summed E-state index contributed by atoms with van der Waals surface area (Å²) in [7, 11) is 0. The van der Waals surface area contributed by atoms with Crippen molar-refractivity contribution in [1.29, 1.82) is 0 Å². The van der Waals surface area contributed by atoms with Crippen molar-refractivity contribution in [1.82, 2.24) is 0 Å². The van der Waals surface area contributed by atoms with E-state index >= 15 is 0 Å². The van der Waals surface area contributed by atoms with Gasteiger partial charge in [-0.15, -0.1) is 0 Å². The number of hydrogen-bond donors (Lipinski definition) is 2. The van der Waals surface area contributed by atoms with Gasteiger partial charge in [0.2, 0.25) is 0 Å². The number of aliphatic hydroxyl groups is 1. The summed E-state index contributed by atoms with van der Waals surface area (Å²) < 4.78 is 32.1. The number of rotatable bonds is 3. The van der Waals surface area contributed by atoms with Gasteiger partial charge in [0, 0.05) is 17.8 Å². The molecule has 0 aliphatic rings. The van der Waals surface area contributed by atoms with Gasteiger partial charge in [0.15, 0.2) is 17.4 Å². The molecule has 0 aliphatic carbocycles. The van der Waals surface area contributed by atoms with Crippen LogP contribution in [0.1, 0.15) is 5.56 Å². The Bertz CT molecular complexity index is 550. The SMILES string of the molecule is Nc1cc(F)c(Oc2cccc(CO)c2)c(F)c1. The molecule has 94 valence electrons. The van der Waals surface area contributed by atoms with Gasteiger partial charge in [0.1, 0.15) is 5.75 Å². The lowest BCUT2D eigenvalue weighted by atomic mass is 10.2. The molecular formula is C13H11F2NO2. The van der Waals surface area contributed by atoms with E-state index in [1.807, 2.05) is 0 Å². The Morgan fingerprint density at radius 3 is 2.39 bits per heavy atom. The van der Waals surface area contributed by atoms with E-state index in [0.717, 1.165) is 12.1 Å². The lowest BCUT2D eigenvalue weighted by Crippen LogP contribution is -1.96. The van der Waals surface area contributed by atoms with Crippen LogP contribution in [-0.4, -0.2) is 5.11 Å². The second kappa shape index (κ2) is 5.01. The van der Waals surface area contributed by atoms with Crippen LogP contribution < -0.4 is 10.5 Å². The molecule has 5 heteroatoms. The van der Waals surface area contributed by atoms with Crippen molar-refractivity contribution in [2.45, 2.75) is 6.61 Å². The lowest BCUT2D eigenvalue weighted by Gasteiger charge is -2.09.